The van der Waals surface area contributed by atoms with Gasteiger partial charge in [-0.1, -0.05) is 20.8 Å². The van der Waals surface area contributed by atoms with Crippen LogP contribution < -0.4 is 0 Å². The molecule has 5 fully saturated rings. The molecule has 1 saturated heterocycles. The summed E-state index contributed by atoms with van der Waals surface area (Å²) in [4.78, 5) is 22.7. The number of aliphatic carboxylic acids is 2. The number of hydrogen-bond donors (Lipinski definition) is 5. The maximum absolute atomic E-state index is 11.5. The van der Waals surface area contributed by atoms with Gasteiger partial charge in [0, 0.05) is 6.42 Å². The second kappa shape index (κ2) is 10.9. The molecule has 0 spiro atoms. The van der Waals surface area contributed by atoms with E-state index in [2.05, 4.69) is 20.8 Å². The monoisotopic (exact) mass is 552 g/mol. The Morgan fingerprint density at radius 1 is 0.897 bits per heavy atom. The number of ether oxygens (including phenoxy) is 2. The topological polar surface area (TPSA) is 154 Å². The van der Waals surface area contributed by atoms with E-state index in [0.29, 0.717) is 40.9 Å². The van der Waals surface area contributed by atoms with Crippen LogP contribution in [0.25, 0.3) is 0 Å². The van der Waals surface area contributed by atoms with Crippen molar-refractivity contribution in [3.05, 3.63) is 0 Å². The summed E-state index contributed by atoms with van der Waals surface area (Å²) in [6.45, 7) is 7.22. The molecule has 39 heavy (non-hydrogen) atoms. The highest BCUT2D eigenvalue weighted by atomic mass is 16.7. The minimum absolute atomic E-state index is 0.198. The summed E-state index contributed by atoms with van der Waals surface area (Å²) in [7, 11) is 0. The first-order chi connectivity index (χ1) is 18.4. The molecule has 5 aliphatic rings. The van der Waals surface area contributed by atoms with Crippen molar-refractivity contribution < 1.29 is 44.6 Å². The minimum atomic E-state index is -1.71. The fraction of sp³-hybridized carbons (Fsp3) is 0.933. The van der Waals surface area contributed by atoms with Crippen molar-refractivity contribution >= 4 is 11.9 Å². The van der Waals surface area contributed by atoms with Crippen LogP contribution in [0, 0.1) is 46.3 Å². The van der Waals surface area contributed by atoms with Gasteiger partial charge in [-0.2, -0.15) is 0 Å². The molecule has 4 aliphatic carbocycles. The fourth-order valence-electron chi connectivity index (χ4n) is 10.2. The number of fused-ring (bicyclic) bond motifs is 5. The van der Waals surface area contributed by atoms with Crippen LogP contribution in [-0.4, -0.2) is 74.3 Å². The van der Waals surface area contributed by atoms with Crippen LogP contribution in [-0.2, 0) is 19.1 Å². The number of carboxylic acids is 2. The predicted molar refractivity (Wildman–Crippen MR) is 140 cm³/mol. The Balaban J connectivity index is 1.23. The molecule has 0 aromatic rings. The number of hydrogen-bond acceptors (Lipinski definition) is 7. The van der Waals surface area contributed by atoms with E-state index in [1.807, 2.05) is 0 Å². The number of rotatable bonds is 7. The second-order valence-electron chi connectivity index (χ2n) is 14.1. The van der Waals surface area contributed by atoms with Crippen molar-refractivity contribution in [1.82, 2.24) is 0 Å². The molecule has 0 aromatic heterocycles. The second-order valence-corrected chi connectivity index (χ2v) is 14.1. The fourth-order valence-corrected chi connectivity index (χ4v) is 10.2. The van der Waals surface area contributed by atoms with Gasteiger partial charge in [0.2, 0.25) is 0 Å². The highest BCUT2D eigenvalue weighted by molar-refractivity contribution is 5.73. The molecule has 222 valence electrons. The summed E-state index contributed by atoms with van der Waals surface area (Å²) in [5.41, 5.74) is 0.506. The van der Waals surface area contributed by atoms with E-state index in [-0.39, 0.29) is 17.9 Å². The molecule has 0 radical (unpaired) electrons. The first kappa shape index (κ1) is 29.2. The van der Waals surface area contributed by atoms with E-state index in [4.69, 9.17) is 9.47 Å². The van der Waals surface area contributed by atoms with E-state index >= 15 is 0 Å². The third kappa shape index (κ3) is 5.05. The normalized spacial score (nSPS) is 50.4. The summed E-state index contributed by atoms with van der Waals surface area (Å²) < 4.78 is 11.5. The van der Waals surface area contributed by atoms with Crippen LogP contribution in [0.1, 0.15) is 91.4 Å². The van der Waals surface area contributed by atoms with Gasteiger partial charge in [0.25, 0.3) is 0 Å². The molecule has 5 rings (SSSR count). The van der Waals surface area contributed by atoms with Crippen LogP contribution in [0.5, 0.6) is 0 Å². The Bertz CT molecular complexity index is 926. The van der Waals surface area contributed by atoms with Crippen LogP contribution in [0.2, 0.25) is 0 Å². The highest BCUT2D eigenvalue weighted by Gasteiger charge is 2.61. The van der Waals surface area contributed by atoms with Gasteiger partial charge >= 0.3 is 11.9 Å². The van der Waals surface area contributed by atoms with Gasteiger partial charge in [0.05, 0.1) is 6.10 Å². The lowest BCUT2D eigenvalue weighted by Gasteiger charge is -2.61. The van der Waals surface area contributed by atoms with E-state index in [1.54, 1.807) is 0 Å². The third-order valence-electron chi connectivity index (χ3n) is 12.3. The molecule has 9 heteroatoms. The smallest absolute Gasteiger partial charge is 0.335 e. The third-order valence-corrected chi connectivity index (χ3v) is 12.3. The van der Waals surface area contributed by atoms with Crippen molar-refractivity contribution in [3.8, 4) is 0 Å². The summed E-state index contributed by atoms with van der Waals surface area (Å²) in [5.74, 6) is 1.48. The maximum Gasteiger partial charge on any atom is 0.335 e. The van der Waals surface area contributed by atoms with Crippen LogP contribution in [0.4, 0.5) is 0 Å². The molecule has 0 aromatic carbocycles. The Morgan fingerprint density at radius 3 is 2.28 bits per heavy atom. The van der Waals surface area contributed by atoms with Crippen molar-refractivity contribution in [2.75, 3.05) is 0 Å². The Labute approximate surface area is 231 Å². The number of aliphatic hydroxyl groups is 3. The van der Waals surface area contributed by atoms with E-state index in [9.17, 15) is 35.1 Å². The van der Waals surface area contributed by atoms with Gasteiger partial charge in [0.1, 0.15) is 18.3 Å². The summed E-state index contributed by atoms with van der Waals surface area (Å²) in [5, 5.41) is 49.1. The zero-order valence-corrected chi connectivity index (χ0v) is 23.6. The molecule has 14 atom stereocenters. The lowest BCUT2D eigenvalue weighted by atomic mass is 9.44. The van der Waals surface area contributed by atoms with E-state index < -0.39 is 42.6 Å². The SMILES string of the molecule is CC(CCC(=O)O)C1CCC2C3CCC4CC(OC5OC(C(=O)O)C(O)C(O)C5O)CCC4(C)C3CCC12C. The summed E-state index contributed by atoms with van der Waals surface area (Å²) >= 11 is 0. The van der Waals surface area contributed by atoms with Crippen molar-refractivity contribution in [3.63, 3.8) is 0 Å². The van der Waals surface area contributed by atoms with Gasteiger partial charge < -0.3 is 35.0 Å². The Hall–Kier alpha value is -1.26. The summed E-state index contributed by atoms with van der Waals surface area (Å²) in [6.07, 6.45) is 2.84. The lowest BCUT2D eigenvalue weighted by Crippen LogP contribution is -2.61. The average Bonchev–Trinajstić information content (AvgIpc) is 3.24. The van der Waals surface area contributed by atoms with Crippen LogP contribution >= 0.6 is 0 Å². The predicted octanol–water partition coefficient (Wildman–Crippen LogP) is 3.42. The number of carboxylic acid groups (broad SMARTS) is 2. The molecule has 1 heterocycles. The van der Waals surface area contributed by atoms with E-state index in [0.717, 1.165) is 32.1 Å². The molecule has 9 nitrogen and oxygen atoms in total. The Kier molecular flexibility index (Phi) is 8.14. The Morgan fingerprint density at radius 2 is 1.59 bits per heavy atom. The zero-order valence-electron chi connectivity index (χ0n) is 23.6. The molecule has 4 saturated carbocycles. The van der Waals surface area contributed by atoms with E-state index in [1.165, 1.54) is 32.1 Å². The van der Waals surface area contributed by atoms with Crippen molar-refractivity contribution in [2.24, 2.45) is 46.3 Å². The average molecular weight is 553 g/mol. The first-order valence-corrected chi connectivity index (χ1v) is 15.2. The van der Waals surface area contributed by atoms with Gasteiger partial charge in [-0.15, -0.1) is 0 Å². The van der Waals surface area contributed by atoms with Gasteiger partial charge in [0.15, 0.2) is 12.4 Å². The number of aliphatic hydroxyl groups excluding tert-OH is 3. The highest BCUT2D eigenvalue weighted by Crippen LogP contribution is 2.68. The standard InChI is InChI=1S/C30H48O9/c1-15(4-9-22(31)32)19-7-8-20-18-6-5-16-14-17(10-12-29(16,2)21(18)11-13-30(19,20)3)38-28-25(35)23(33)24(34)26(39-28)27(36)37/h15-21,23-26,28,33-35H,4-14H2,1-3H3,(H,31,32)(H,36,37). The molecular formula is C30H48O9. The zero-order chi connectivity index (χ0) is 28.3. The molecule has 1 aliphatic heterocycles. The van der Waals surface area contributed by atoms with Crippen LogP contribution in [0.3, 0.4) is 0 Å². The lowest BCUT2D eigenvalue weighted by molar-refractivity contribution is -0.309. The van der Waals surface area contributed by atoms with Crippen LogP contribution in [0.15, 0.2) is 0 Å². The van der Waals surface area contributed by atoms with Gasteiger partial charge in [-0.05, 0) is 111 Å². The molecule has 0 bridgehead atoms. The van der Waals surface area contributed by atoms with Gasteiger partial charge in [-0.3, -0.25) is 4.79 Å². The molecule has 0 amide bonds. The number of carbonyl (C=O) groups is 2. The maximum atomic E-state index is 11.5. The quantitative estimate of drug-likeness (QED) is 0.299. The van der Waals surface area contributed by atoms with Crippen molar-refractivity contribution in [2.45, 2.75) is 128 Å². The van der Waals surface area contributed by atoms with Gasteiger partial charge in [-0.25, -0.2) is 4.79 Å². The first-order valence-electron chi connectivity index (χ1n) is 15.2. The molecule has 14 unspecified atom stereocenters. The largest absolute Gasteiger partial charge is 0.481 e. The van der Waals surface area contributed by atoms with Crippen molar-refractivity contribution in [1.29, 1.82) is 0 Å². The molecular weight excluding hydrogens is 504 g/mol. The summed E-state index contributed by atoms with van der Waals surface area (Å²) in [6, 6.07) is 0. The minimum Gasteiger partial charge on any atom is -0.481 e. The molecule has 5 N–H and O–H groups in total.